The summed E-state index contributed by atoms with van der Waals surface area (Å²) in [7, 11) is 0. The van der Waals surface area contributed by atoms with Crippen molar-refractivity contribution in [2.75, 3.05) is 18.0 Å². The molecule has 0 saturated carbocycles. The number of amides is 3. The van der Waals surface area contributed by atoms with Crippen LogP contribution in [0.3, 0.4) is 0 Å². The molecular formula is C15H18N2O4. The number of aromatic carboxylic acids is 1. The third kappa shape index (κ3) is 3.21. The van der Waals surface area contributed by atoms with Crippen LogP contribution in [-0.2, 0) is 4.79 Å². The van der Waals surface area contributed by atoms with Gasteiger partial charge in [-0.3, -0.25) is 14.6 Å². The molecule has 1 aliphatic heterocycles. The van der Waals surface area contributed by atoms with Crippen LogP contribution in [0.2, 0.25) is 0 Å². The summed E-state index contributed by atoms with van der Waals surface area (Å²) in [5, 5.41) is 8.98. The highest BCUT2D eigenvalue weighted by atomic mass is 16.4. The van der Waals surface area contributed by atoms with Crippen molar-refractivity contribution in [3.8, 4) is 0 Å². The van der Waals surface area contributed by atoms with Gasteiger partial charge >= 0.3 is 12.0 Å². The van der Waals surface area contributed by atoms with E-state index in [1.807, 2.05) is 0 Å². The maximum Gasteiger partial charge on any atom is 0.335 e. The van der Waals surface area contributed by atoms with E-state index in [1.54, 1.807) is 12.1 Å². The van der Waals surface area contributed by atoms with Crippen molar-refractivity contribution < 1.29 is 19.5 Å². The van der Waals surface area contributed by atoms with Crippen molar-refractivity contribution in [1.82, 2.24) is 4.90 Å². The number of carbonyl (C=O) groups excluding carboxylic acids is 2. The molecule has 1 heterocycles. The van der Waals surface area contributed by atoms with E-state index in [9.17, 15) is 14.4 Å². The Morgan fingerprint density at radius 2 is 2.05 bits per heavy atom. The van der Waals surface area contributed by atoms with Gasteiger partial charge in [-0.1, -0.05) is 25.8 Å². The van der Waals surface area contributed by atoms with E-state index in [0.717, 1.165) is 19.3 Å². The molecule has 0 radical (unpaired) electrons. The number of hydrogen-bond acceptors (Lipinski definition) is 3. The Kier molecular flexibility index (Phi) is 4.57. The Hall–Kier alpha value is -2.37. The summed E-state index contributed by atoms with van der Waals surface area (Å²) in [4.78, 5) is 37.7. The number of carboxylic acids is 1. The second-order valence-electron chi connectivity index (χ2n) is 4.98. The molecule has 0 spiro atoms. The second-order valence-corrected chi connectivity index (χ2v) is 4.98. The Bertz CT molecular complexity index is 571. The fraction of sp³-hybridized carbons (Fsp3) is 0.400. The number of hydrogen-bond donors (Lipinski definition) is 1. The standard InChI is InChI=1S/C15H18N2O4/c1-2-3-4-8-16-13(18)10-17(15(16)21)12-7-5-6-11(9-12)14(19)20/h5-7,9H,2-4,8,10H2,1H3,(H,19,20). The lowest BCUT2D eigenvalue weighted by Crippen LogP contribution is -2.33. The Morgan fingerprint density at radius 3 is 2.71 bits per heavy atom. The zero-order valence-electron chi connectivity index (χ0n) is 11.9. The van der Waals surface area contributed by atoms with Crippen molar-refractivity contribution in [3.05, 3.63) is 29.8 Å². The summed E-state index contributed by atoms with van der Waals surface area (Å²) < 4.78 is 0. The first kappa shape index (κ1) is 15.0. The maximum absolute atomic E-state index is 12.3. The molecule has 0 bridgehead atoms. The van der Waals surface area contributed by atoms with Crippen LogP contribution in [-0.4, -0.2) is 41.0 Å². The van der Waals surface area contributed by atoms with Gasteiger partial charge in [0.2, 0.25) is 0 Å². The molecule has 0 unspecified atom stereocenters. The Morgan fingerprint density at radius 1 is 1.29 bits per heavy atom. The lowest BCUT2D eigenvalue weighted by Gasteiger charge is -2.17. The third-order valence-electron chi connectivity index (χ3n) is 3.45. The summed E-state index contributed by atoms with van der Waals surface area (Å²) in [5.74, 6) is -1.30. The van der Waals surface area contributed by atoms with E-state index in [0.29, 0.717) is 12.2 Å². The van der Waals surface area contributed by atoms with E-state index in [2.05, 4.69) is 6.92 Å². The molecule has 0 atom stereocenters. The van der Waals surface area contributed by atoms with Crippen molar-refractivity contribution in [3.63, 3.8) is 0 Å². The number of anilines is 1. The normalized spacial score (nSPS) is 14.9. The predicted octanol–water partition coefficient (Wildman–Crippen LogP) is 2.34. The number of carbonyl (C=O) groups is 3. The first-order chi connectivity index (χ1) is 10.0. The number of urea groups is 1. The average Bonchev–Trinajstić information content (AvgIpc) is 2.75. The highest BCUT2D eigenvalue weighted by molar-refractivity contribution is 6.12. The van der Waals surface area contributed by atoms with Crippen molar-refractivity contribution in [2.24, 2.45) is 0 Å². The van der Waals surface area contributed by atoms with E-state index >= 15 is 0 Å². The van der Waals surface area contributed by atoms with Gasteiger partial charge in [0.05, 0.1) is 5.56 Å². The molecule has 1 N–H and O–H groups in total. The molecule has 0 aliphatic carbocycles. The van der Waals surface area contributed by atoms with E-state index in [-0.39, 0.29) is 24.0 Å². The summed E-state index contributed by atoms with van der Waals surface area (Å²) >= 11 is 0. The largest absolute Gasteiger partial charge is 0.478 e. The Labute approximate surface area is 123 Å². The van der Waals surface area contributed by atoms with Crippen LogP contribution in [0.15, 0.2) is 24.3 Å². The van der Waals surface area contributed by atoms with Crippen molar-refractivity contribution in [2.45, 2.75) is 26.2 Å². The predicted molar refractivity (Wildman–Crippen MR) is 77.4 cm³/mol. The van der Waals surface area contributed by atoms with Crippen LogP contribution in [0.25, 0.3) is 0 Å². The summed E-state index contributed by atoms with van der Waals surface area (Å²) in [6.45, 7) is 2.44. The van der Waals surface area contributed by atoms with Crippen LogP contribution >= 0.6 is 0 Å². The number of imide groups is 1. The minimum absolute atomic E-state index is 0.0337. The molecule has 6 heteroatoms. The molecule has 112 valence electrons. The Balaban J connectivity index is 2.15. The van der Waals surface area contributed by atoms with Gasteiger partial charge in [0.15, 0.2) is 0 Å². The van der Waals surface area contributed by atoms with Crippen LogP contribution in [0.4, 0.5) is 10.5 Å². The molecule has 1 aromatic carbocycles. The molecule has 2 rings (SSSR count). The van der Waals surface area contributed by atoms with Gasteiger partial charge in [-0.2, -0.15) is 0 Å². The molecular weight excluding hydrogens is 272 g/mol. The molecule has 1 saturated heterocycles. The number of unbranched alkanes of at least 4 members (excludes halogenated alkanes) is 2. The fourth-order valence-electron chi connectivity index (χ4n) is 2.29. The zero-order chi connectivity index (χ0) is 15.4. The van der Waals surface area contributed by atoms with Crippen molar-refractivity contribution >= 4 is 23.6 Å². The van der Waals surface area contributed by atoms with Crippen molar-refractivity contribution in [1.29, 1.82) is 0 Å². The smallest absolute Gasteiger partial charge is 0.335 e. The number of rotatable bonds is 6. The van der Waals surface area contributed by atoms with E-state index in [4.69, 9.17) is 5.11 Å². The fourth-order valence-corrected chi connectivity index (χ4v) is 2.29. The second kappa shape index (κ2) is 6.39. The van der Waals surface area contributed by atoms with Crippen LogP contribution < -0.4 is 4.90 Å². The van der Waals surface area contributed by atoms with Gasteiger partial charge in [0.25, 0.3) is 5.91 Å². The monoisotopic (exact) mass is 290 g/mol. The lowest BCUT2D eigenvalue weighted by atomic mass is 10.2. The average molecular weight is 290 g/mol. The summed E-state index contributed by atoms with van der Waals surface area (Å²) in [5.41, 5.74) is 0.531. The van der Waals surface area contributed by atoms with Gasteiger partial charge in [-0.25, -0.2) is 9.59 Å². The molecule has 3 amide bonds. The highest BCUT2D eigenvalue weighted by Gasteiger charge is 2.36. The van der Waals surface area contributed by atoms with Crippen LogP contribution in [0.5, 0.6) is 0 Å². The number of benzene rings is 1. The van der Waals surface area contributed by atoms with E-state index in [1.165, 1.54) is 21.9 Å². The first-order valence-corrected chi connectivity index (χ1v) is 6.99. The topological polar surface area (TPSA) is 77.9 Å². The maximum atomic E-state index is 12.3. The lowest BCUT2D eigenvalue weighted by molar-refractivity contribution is -0.124. The van der Waals surface area contributed by atoms with Gasteiger partial charge in [-0.15, -0.1) is 0 Å². The summed E-state index contributed by atoms with van der Waals surface area (Å²) in [6, 6.07) is 5.68. The molecule has 1 aromatic rings. The molecule has 0 aromatic heterocycles. The third-order valence-corrected chi connectivity index (χ3v) is 3.45. The molecule has 6 nitrogen and oxygen atoms in total. The quantitative estimate of drug-likeness (QED) is 0.644. The minimum atomic E-state index is -1.06. The molecule has 1 aliphatic rings. The molecule has 1 fully saturated rings. The van der Waals surface area contributed by atoms with E-state index < -0.39 is 5.97 Å². The number of nitrogens with zero attached hydrogens (tertiary/aromatic N) is 2. The SMILES string of the molecule is CCCCCN1C(=O)CN(c2cccc(C(=O)O)c2)C1=O. The van der Waals surface area contributed by atoms with Gasteiger partial charge < -0.3 is 5.11 Å². The van der Waals surface area contributed by atoms with Crippen LogP contribution in [0, 0.1) is 0 Å². The zero-order valence-corrected chi connectivity index (χ0v) is 11.9. The number of carboxylic acid groups (broad SMARTS) is 1. The summed E-state index contributed by atoms with van der Waals surface area (Å²) in [6.07, 6.45) is 2.77. The van der Waals surface area contributed by atoms with Gasteiger partial charge in [-0.05, 0) is 24.6 Å². The van der Waals surface area contributed by atoms with Crippen LogP contribution in [0.1, 0.15) is 36.5 Å². The molecule has 21 heavy (non-hydrogen) atoms. The highest BCUT2D eigenvalue weighted by Crippen LogP contribution is 2.22. The van der Waals surface area contributed by atoms with Gasteiger partial charge in [0, 0.05) is 12.2 Å². The van der Waals surface area contributed by atoms with Gasteiger partial charge in [0.1, 0.15) is 6.54 Å². The minimum Gasteiger partial charge on any atom is -0.478 e. The first-order valence-electron chi connectivity index (χ1n) is 6.99.